The van der Waals surface area contributed by atoms with Gasteiger partial charge in [-0.25, -0.2) is 0 Å². The molecule has 0 saturated carbocycles. The Morgan fingerprint density at radius 2 is 1.33 bits per heavy atom. The van der Waals surface area contributed by atoms with E-state index in [9.17, 15) is 4.79 Å². The molecule has 0 rings (SSSR count). The smallest absolute Gasteiger partial charge is 0.302 e. The normalized spacial score (nSPS) is 11.6. The fourth-order valence-corrected chi connectivity index (χ4v) is 0.909. The maximum atomic E-state index is 9.98. The molecule has 0 aliphatic rings. The Hall–Kier alpha value is -0.570. The summed E-state index contributed by atoms with van der Waals surface area (Å²) in [6.07, 6.45) is 0.902. The molecule has 110 valence electrons. The summed E-state index contributed by atoms with van der Waals surface area (Å²) in [6, 6.07) is 0. The number of carbonyl (C=O) groups is 1. The number of carbonyl (C=O) groups excluding carboxylic acids is 1. The second-order valence-corrected chi connectivity index (χ2v) is 6.95. The second kappa shape index (κ2) is 9.37. The third kappa shape index (κ3) is 24.6. The lowest BCUT2D eigenvalue weighted by Gasteiger charge is -2.23. The molecule has 0 saturated heterocycles. The van der Waals surface area contributed by atoms with E-state index in [1.165, 1.54) is 6.92 Å². The molecule has 0 aromatic rings. The van der Waals surface area contributed by atoms with Gasteiger partial charge in [-0.05, 0) is 17.3 Å². The number of esters is 1. The maximum Gasteiger partial charge on any atom is 0.302 e. The molecule has 0 atom stereocenters. The highest BCUT2D eigenvalue weighted by atomic mass is 16.5. The van der Waals surface area contributed by atoms with E-state index in [4.69, 9.17) is 4.74 Å². The minimum absolute atomic E-state index is 0.193. The van der Waals surface area contributed by atoms with Crippen LogP contribution in [0.25, 0.3) is 0 Å². The molecule has 0 heterocycles. The van der Waals surface area contributed by atoms with Crippen molar-refractivity contribution in [3.8, 4) is 0 Å². The first-order valence-electron chi connectivity index (χ1n) is 6.69. The summed E-state index contributed by atoms with van der Waals surface area (Å²) >= 11 is 0. The quantitative estimate of drug-likeness (QED) is 0.715. The summed E-state index contributed by atoms with van der Waals surface area (Å²) in [4.78, 5) is 9.98. The first-order valence-corrected chi connectivity index (χ1v) is 6.69. The fraction of sp³-hybridized carbons (Fsp3) is 0.933. The van der Waals surface area contributed by atoms with E-state index in [2.05, 4.69) is 46.3 Å². The van der Waals surface area contributed by atoms with Crippen molar-refractivity contribution >= 4 is 5.97 Å². The highest BCUT2D eigenvalue weighted by molar-refractivity contribution is 5.65. The predicted molar refractivity (Wildman–Crippen MR) is 76.7 cm³/mol. The third-order valence-electron chi connectivity index (χ3n) is 1.58. The Balaban J connectivity index is 0. The van der Waals surface area contributed by atoms with Crippen LogP contribution in [0.1, 0.15) is 61.8 Å². The number of hydrogen-bond donors (Lipinski definition) is 0. The molecular formula is C15H32O3. The molecule has 3 nitrogen and oxygen atoms in total. The minimum atomic E-state index is -0.193. The van der Waals surface area contributed by atoms with Gasteiger partial charge in [0.15, 0.2) is 0 Å². The van der Waals surface area contributed by atoms with Crippen LogP contribution in [-0.4, -0.2) is 25.8 Å². The maximum absolute atomic E-state index is 9.98. The Labute approximate surface area is 113 Å². The van der Waals surface area contributed by atoms with Crippen LogP contribution in [0.5, 0.6) is 0 Å². The first-order chi connectivity index (χ1) is 7.98. The zero-order chi connectivity index (χ0) is 14.8. The van der Waals surface area contributed by atoms with Crippen LogP contribution in [0, 0.1) is 10.8 Å². The molecule has 0 fully saturated rings. The van der Waals surface area contributed by atoms with E-state index in [1.54, 1.807) is 0 Å². The zero-order valence-corrected chi connectivity index (χ0v) is 13.6. The number of hydrogen-bond acceptors (Lipinski definition) is 3. The summed E-state index contributed by atoms with van der Waals surface area (Å²) < 4.78 is 10.1. The molecule has 3 heteroatoms. The van der Waals surface area contributed by atoms with Crippen LogP contribution in [0.3, 0.4) is 0 Å². The molecular weight excluding hydrogens is 228 g/mol. The van der Waals surface area contributed by atoms with E-state index in [0.717, 1.165) is 19.6 Å². The molecule has 0 aromatic carbocycles. The fourth-order valence-electron chi connectivity index (χ4n) is 0.909. The van der Waals surface area contributed by atoms with Gasteiger partial charge >= 0.3 is 5.97 Å². The van der Waals surface area contributed by atoms with Crippen LogP contribution >= 0.6 is 0 Å². The summed E-state index contributed by atoms with van der Waals surface area (Å²) in [5, 5.41) is 0. The van der Waals surface area contributed by atoms with Crippen molar-refractivity contribution in [3.05, 3.63) is 0 Å². The Morgan fingerprint density at radius 1 is 0.944 bits per heavy atom. The lowest BCUT2D eigenvalue weighted by Crippen LogP contribution is -2.21. The predicted octanol–water partition coefficient (Wildman–Crippen LogP) is 4.05. The molecule has 0 unspecified atom stereocenters. The van der Waals surface area contributed by atoms with Gasteiger partial charge in [0.25, 0.3) is 0 Å². The van der Waals surface area contributed by atoms with Crippen LogP contribution < -0.4 is 0 Å². The Morgan fingerprint density at radius 3 is 1.50 bits per heavy atom. The Bertz CT molecular complexity index is 195. The molecule has 0 aliphatic carbocycles. The second-order valence-electron chi connectivity index (χ2n) is 6.95. The van der Waals surface area contributed by atoms with Crippen molar-refractivity contribution < 1.29 is 14.3 Å². The molecule has 0 aromatic heterocycles. The van der Waals surface area contributed by atoms with Gasteiger partial charge in [-0.3, -0.25) is 4.79 Å². The van der Waals surface area contributed by atoms with E-state index in [-0.39, 0.29) is 5.97 Å². The van der Waals surface area contributed by atoms with Gasteiger partial charge in [-0.15, -0.1) is 0 Å². The number of rotatable bonds is 4. The standard InChI is InChI=1S/C10H22O.C5H10O2/c1-9(2,3)7-11-8-10(4,5)6;1-3-4-7-5(2)6/h7-8H2,1-6H3;3-4H2,1-2H3. The van der Waals surface area contributed by atoms with Crippen molar-refractivity contribution in [2.75, 3.05) is 19.8 Å². The molecule has 0 N–H and O–H groups in total. The molecule has 18 heavy (non-hydrogen) atoms. The Kier molecular flexibility index (Phi) is 10.3. The number of ether oxygens (including phenoxy) is 2. The average Bonchev–Trinajstić information content (AvgIpc) is 2.11. The monoisotopic (exact) mass is 260 g/mol. The largest absolute Gasteiger partial charge is 0.466 e. The van der Waals surface area contributed by atoms with Gasteiger partial charge in [0.1, 0.15) is 0 Å². The molecule has 0 aliphatic heterocycles. The van der Waals surface area contributed by atoms with Gasteiger partial charge in [0.05, 0.1) is 19.8 Å². The highest BCUT2D eigenvalue weighted by Crippen LogP contribution is 2.17. The minimum Gasteiger partial charge on any atom is -0.466 e. The van der Waals surface area contributed by atoms with Crippen LogP contribution in [0.2, 0.25) is 0 Å². The first kappa shape index (κ1) is 19.8. The summed E-state index contributed by atoms with van der Waals surface area (Å²) in [7, 11) is 0. The van der Waals surface area contributed by atoms with Crippen molar-refractivity contribution in [2.45, 2.75) is 61.8 Å². The lowest BCUT2D eigenvalue weighted by atomic mass is 9.97. The van der Waals surface area contributed by atoms with Gasteiger partial charge < -0.3 is 9.47 Å². The SMILES string of the molecule is CC(C)(C)COCC(C)(C)C.CCCOC(C)=O. The van der Waals surface area contributed by atoms with Crippen LogP contribution in [0.15, 0.2) is 0 Å². The average molecular weight is 260 g/mol. The van der Waals surface area contributed by atoms with Crippen molar-refractivity contribution in [1.82, 2.24) is 0 Å². The van der Waals surface area contributed by atoms with E-state index in [0.29, 0.717) is 17.4 Å². The molecule has 0 spiro atoms. The van der Waals surface area contributed by atoms with Crippen LogP contribution in [-0.2, 0) is 14.3 Å². The molecule has 0 amide bonds. The van der Waals surface area contributed by atoms with Crippen LogP contribution in [0.4, 0.5) is 0 Å². The van der Waals surface area contributed by atoms with Gasteiger partial charge in [-0.1, -0.05) is 48.5 Å². The van der Waals surface area contributed by atoms with Crippen molar-refractivity contribution in [3.63, 3.8) is 0 Å². The zero-order valence-electron chi connectivity index (χ0n) is 13.6. The highest BCUT2D eigenvalue weighted by Gasteiger charge is 2.14. The van der Waals surface area contributed by atoms with Gasteiger partial charge in [0.2, 0.25) is 0 Å². The molecule has 0 radical (unpaired) electrons. The summed E-state index contributed by atoms with van der Waals surface area (Å²) in [5.41, 5.74) is 0.594. The lowest BCUT2D eigenvalue weighted by molar-refractivity contribution is -0.140. The third-order valence-corrected chi connectivity index (χ3v) is 1.58. The topological polar surface area (TPSA) is 35.5 Å². The molecule has 0 bridgehead atoms. The van der Waals surface area contributed by atoms with E-state index in [1.807, 2.05) is 6.92 Å². The summed E-state index contributed by atoms with van der Waals surface area (Å²) in [5.74, 6) is -0.193. The van der Waals surface area contributed by atoms with Crippen molar-refractivity contribution in [2.24, 2.45) is 10.8 Å². The summed E-state index contributed by atoms with van der Waals surface area (Å²) in [6.45, 7) is 18.8. The van der Waals surface area contributed by atoms with E-state index < -0.39 is 0 Å². The van der Waals surface area contributed by atoms with Gasteiger partial charge in [-0.2, -0.15) is 0 Å². The van der Waals surface area contributed by atoms with Crippen molar-refractivity contribution in [1.29, 1.82) is 0 Å². The van der Waals surface area contributed by atoms with E-state index >= 15 is 0 Å². The van der Waals surface area contributed by atoms with Gasteiger partial charge in [0, 0.05) is 6.92 Å².